The van der Waals surface area contributed by atoms with E-state index in [-0.39, 0.29) is 47.4 Å². The second kappa shape index (κ2) is 9.42. The van der Waals surface area contributed by atoms with Crippen LogP contribution in [0.4, 0.5) is 10.1 Å². The molecule has 0 atom stereocenters. The zero-order valence-corrected chi connectivity index (χ0v) is 15.0. The molecule has 2 N–H and O–H groups in total. The van der Waals surface area contributed by atoms with Crippen LogP contribution in [0.2, 0.25) is 0 Å². The Balaban J connectivity index is 1.97. The van der Waals surface area contributed by atoms with Crippen molar-refractivity contribution in [3.8, 4) is 17.2 Å². The lowest BCUT2D eigenvalue weighted by Gasteiger charge is -2.15. The van der Waals surface area contributed by atoms with Crippen LogP contribution in [0.5, 0.6) is 17.2 Å². The summed E-state index contributed by atoms with van der Waals surface area (Å²) < 4.78 is 29.0. The number of aromatic carboxylic acids is 1. The van der Waals surface area contributed by atoms with E-state index in [4.69, 9.17) is 14.2 Å². The van der Waals surface area contributed by atoms with Crippen LogP contribution in [-0.2, 0) is 4.79 Å². The van der Waals surface area contributed by atoms with Crippen LogP contribution in [0.1, 0.15) is 23.2 Å². The Hall–Kier alpha value is -3.29. The number of carboxylic acids is 1. The molecule has 0 radical (unpaired) electrons. The second-order valence-corrected chi connectivity index (χ2v) is 5.50. The Kier molecular flexibility index (Phi) is 6.99. The van der Waals surface area contributed by atoms with E-state index < -0.39 is 11.8 Å². The molecule has 0 aliphatic rings. The first-order valence-corrected chi connectivity index (χ1v) is 8.12. The Bertz CT molecular complexity index is 824. The summed E-state index contributed by atoms with van der Waals surface area (Å²) in [7, 11) is 2.76. The number of anilines is 1. The van der Waals surface area contributed by atoms with Crippen LogP contribution >= 0.6 is 0 Å². The highest BCUT2D eigenvalue weighted by Crippen LogP contribution is 2.36. The first kappa shape index (κ1) is 20.0. The highest BCUT2D eigenvalue weighted by molar-refractivity contribution is 5.96. The van der Waals surface area contributed by atoms with E-state index in [0.717, 1.165) is 0 Å². The molecule has 27 heavy (non-hydrogen) atoms. The maximum absolute atomic E-state index is 13.4. The van der Waals surface area contributed by atoms with Gasteiger partial charge in [0.25, 0.3) is 0 Å². The van der Waals surface area contributed by atoms with Crippen molar-refractivity contribution in [2.24, 2.45) is 0 Å². The number of ether oxygens (including phenoxy) is 3. The summed E-state index contributed by atoms with van der Waals surface area (Å²) in [6.45, 7) is 0.157. The van der Waals surface area contributed by atoms with Gasteiger partial charge in [-0.2, -0.15) is 0 Å². The van der Waals surface area contributed by atoms with Gasteiger partial charge in [0, 0.05) is 6.42 Å². The first-order chi connectivity index (χ1) is 13.0. The molecule has 0 bridgehead atoms. The van der Waals surface area contributed by atoms with E-state index in [9.17, 15) is 19.1 Å². The van der Waals surface area contributed by atoms with Gasteiger partial charge >= 0.3 is 5.97 Å². The van der Waals surface area contributed by atoms with Crippen molar-refractivity contribution in [3.63, 3.8) is 0 Å². The van der Waals surface area contributed by atoms with Gasteiger partial charge in [0.05, 0.1) is 32.1 Å². The normalized spacial score (nSPS) is 10.2. The summed E-state index contributed by atoms with van der Waals surface area (Å²) in [4.78, 5) is 23.4. The van der Waals surface area contributed by atoms with E-state index >= 15 is 0 Å². The molecule has 0 spiro atoms. The topological polar surface area (TPSA) is 94.1 Å². The Morgan fingerprint density at radius 2 is 1.85 bits per heavy atom. The fourth-order valence-corrected chi connectivity index (χ4v) is 2.37. The summed E-state index contributed by atoms with van der Waals surface area (Å²) in [6, 6.07) is 8.60. The molecular formula is C19H20FNO6. The number of para-hydroxylation sites is 1. The number of nitrogens with one attached hydrogen (secondary N) is 1. The molecule has 0 unspecified atom stereocenters. The lowest BCUT2D eigenvalue weighted by molar-refractivity contribution is -0.116. The van der Waals surface area contributed by atoms with Gasteiger partial charge in [0.1, 0.15) is 0 Å². The molecule has 7 nitrogen and oxygen atoms in total. The molecule has 0 fully saturated rings. The van der Waals surface area contributed by atoms with Gasteiger partial charge in [-0.05, 0) is 30.7 Å². The third-order valence-electron chi connectivity index (χ3n) is 3.64. The number of carboxylic acid groups (broad SMARTS) is 1. The Morgan fingerprint density at radius 1 is 1.11 bits per heavy atom. The molecule has 0 saturated heterocycles. The first-order valence-electron chi connectivity index (χ1n) is 8.12. The highest BCUT2D eigenvalue weighted by atomic mass is 19.1. The molecule has 2 aromatic carbocycles. The third kappa shape index (κ3) is 5.34. The average Bonchev–Trinajstić information content (AvgIpc) is 2.65. The number of carbonyl (C=O) groups excluding carboxylic acids is 1. The summed E-state index contributed by atoms with van der Waals surface area (Å²) in [6.07, 6.45) is 0.440. The number of benzene rings is 2. The number of hydrogen-bond donors (Lipinski definition) is 2. The van der Waals surface area contributed by atoms with Crippen molar-refractivity contribution >= 4 is 17.6 Å². The SMILES string of the molecule is COc1cc(C(=O)O)cc(NC(=O)CCCOc2ccccc2F)c1OC. The summed E-state index contributed by atoms with van der Waals surface area (Å²) >= 11 is 0. The number of halogens is 1. The van der Waals surface area contributed by atoms with Crippen LogP contribution < -0.4 is 19.5 Å². The van der Waals surface area contributed by atoms with Crippen molar-refractivity contribution < 1.29 is 33.3 Å². The van der Waals surface area contributed by atoms with Gasteiger partial charge < -0.3 is 24.6 Å². The summed E-state index contributed by atoms with van der Waals surface area (Å²) in [5.41, 5.74) is 0.139. The Labute approximate surface area is 155 Å². The monoisotopic (exact) mass is 377 g/mol. The summed E-state index contributed by atoms with van der Waals surface area (Å²) in [5, 5.41) is 11.8. The van der Waals surface area contributed by atoms with Crippen LogP contribution in [0.15, 0.2) is 36.4 Å². The molecular weight excluding hydrogens is 357 g/mol. The highest BCUT2D eigenvalue weighted by Gasteiger charge is 2.17. The molecule has 0 aliphatic carbocycles. The maximum Gasteiger partial charge on any atom is 0.335 e. The van der Waals surface area contributed by atoms with Crippen molar-refractivity contribution in [1.82, 2.24) is 0 Å². The van der Waals surface area contributed by atoms with Gasteiger partial charge in [-0.25, -0.2) is 9.18 Å². The van der Waals surface area contributed by atoms with Crippen LogP contribution in [-0.4, -0.2) is 37.8 Å². The Morgan fingerprint density at radius 3 is 2.48 bits per heavy atom. The largest absolute Gasteiger partial charge is 0.493 e. The average molecular weight is 377 g/mol. The zero-order valence-electron chi connectivity index (χ0n) is 15.0. The molecule has 0 heterocycles. The maximum atomic E-state index is 13.4. The fourth-order valence-electron chi connectivity index (χ4n) is 2.37. The van der Waals surface area contributed by atoms with Crippen molar-refractivity contribution in [2.75, 3.05) is 26.1 Å². The van der Waals surface area contributed by atoms with Gasteiger partial charge in [-0.1, -0.05) is 12.1 Å². The zero-order chi connectivity index (χ0) is 19.8. The van der Waals surface area contributed by atoms with Crippen LogP contribution in [0, 0.1) is 5.82 Å². The minimum absolute atomic E-state index is 0.0502. The second-order valence-electron chi connectivity index (χ2n) is 5.50. The van der Waals surface area contributed by atoms with Gasteiger partial charge in [0.15, 0.2) is 23.1 Å². The molecule has 144 valence electrons. The van der Waals surface area contributed by atoms with Gasteiger partial charge in [-0.15, -0.1) is 0 Å². The number of methoxy groups -OCH3 is 2. The molecule has 0 aromatic heterocycles. The summed E-state index contributed by atoms with van der Waals surface area (Å²) in [5.74, 6) is -1.46. The van der Waals surface area contributed by atoms with Gasteiger partial charge in [-0.3, -0.25) is 4.79 Å². The number of hydrogen-bond acceptors (Lipinski definition) is 5. The number of amides is 1. The fraction of sp³-hybridized carbons (Fsp3) is 0.263. The van der Waals surface area contributed by atoms with Crippen LogP contribution in [0.3, 0.4) is 0 Å². The number of rotatable bonds is 9. The minimum Gasteiger partial charge on any atom is -0.493 e. The van der Waals surface area contributed by atoms with E-state index in [2.05, 4.69) is 5.32 Å². The van der Waals surface area contributed by atoms with E-state index in [1.165, 1.54) is 38.5 Å². The molecule has 8 heteroatoms. The third-order valence-corrected chi connectivity index (χ3v) is 3.64. The predicted molar refractivity (Wildman–Crippen MR) is 96.3 cm³/mol. The van der Waals surface area contributed by atoms with Crippen molar-refractivity contribution in [3.05, 3.63) is 47.8 Å². The minimum atomic E-state index is -1.16. The number of carbonyl (C=O) groups is 2. The van der Waals surface area contributed by atoms with E-state index in [1.807, 2.05) is 0 Å². The van der Waals surface area contributed by atoms with E-state index in [1.54, 1.807) is 12.1 Å². The lowest BCUT2D eigenvalue weighted by Crippen LogP contribution is -2.14. The standard InChI is InChI=1S/C19H20FNO6/c1-25-16-11-12(19(23)24)10-14(18(16)26-2)21-17(22)8-5-9-27-15-7-4-3-6-13(15)20/h3-4,6-7,10-11H,5,8-9H2,1-2H3,(H,21,22)(H,23,24). The molecule has 2 rings (SSSR count). The molecule has 1 amide bonds. The quantitative estimate of drug-likeness (QED) is 0.651. The smallest absolute Gasteiger partial charge is 0.335 e. The van der Waals surface area contributed by atoms with Crippen molar-refractivity contribution in [1.29, 1.82) is 0 Å². The lowest BCUT2D eigenvalue weighted by atomic mass is 10.1. The van der Waals surface area contributed by atoms with Crippen LogP contribution in [0.25, 0.3) is 0 Å². The van der Waals surface area contributed by atoms with E-state index in [0.29, 0.717) is 6.42 Å². The molecule has 2 aromatic rings. The predicted octanol–water partition coefficient (Wildman–Crippen LogP) is 3.34. The van der Waals surface area contributed by atoms with Gasteiger partial charge in [0.2, 0.25) is 5.91 Å². The molecule has 0 saturated carbocycles. The molecule has 0 aliphatic heterocycles. The van der Waals surface area contributed by atoms with Crippen molar-refractivity contribution in [2.45, 2.75) is 12.8 Å².